The standard InChI is InChI=1S/C17H27N3O2S/c1-12-8-10-20(14(12)11-21)17(22)18-9-4-7-16-19-13-5-2-3-6-15(13)23-16/h12,14,21H,2-11H2,1H3,(H,18,22)/t12-,14+/m0/s1. The van der Waals surface area contributed by atoms with Crippen molar-refractivity contribution in [3.05, 3.63) is 15.6 Å². The Morgan fingerprint density at radius 2 is 2.26 bits per heavy atom. The Labute approximate surface area is 142 Å². The van der Waals surface area contributed by atoms with E-state index in [9.17, 15) is 9.90 Å². The molecule has 3 rings (SSSR count). The Hall–Kier alpha value is -1.14. The first kappa shape index (κ1) is 16.7. The average molecular weight is 337 g/mol. The van der Waals surface area contributed by atoms with Gasteiger partial charge in [0.1, 0.15) is 0 Å². The predicted molar refractivity (Wildman–Crippen MR) is 91.8 cm³/mol. The van der Waals surface area contributed by atoms with Gasteiger partial charge in [-0.05, 0) is 44.4 Å². The van der Waals surface area contributed by atoms with Crippen molar-refractivity contribution in [1.29, 1.82) is 0 Å². The van der Waals surface area contributed by atoms with Crippen LogP contribution in [0.2, 0.25) is 0 Å². The third kappa shape index (κ3) is 3.86. The van der Waals surface area contributed by atoms with Crippen molar-refractivity contribution in [2.45, 2.75) is 57.9 Å². The van der Waals surface area contributed by atoms with Gasteiger partial charge >= 0.3 is 6.03 Å². The minimum atomic E-state index is -0.0353. The lowest BCUT2D eigenvalue weighted by atomic mass is 10.0. The largest absolute Gasteiger partial charge is 0.394 e. The third-order valence-electron chi connectivity index (χ3n) is 5.06. The maximum Gasteiger partial charge on any atom is 0.317 e. The van der Waals surface area contributed by atoms with Crippen LogP contribution >= 0.6 is 11.3 Å². The quantitative estimate of drug-likeness (QED) is 0.811. The minimum absolute atomic E-state index is 0.0271. The van der Waals surface area contributed by atoms with E-state index >= 15 is 0 Å². The molecule has 0 radical (unpaired) electrons. The van der Waals surface area contributed by atoms with Crippen LogP contribution in [0.5, 0.6) is 0 Å². The topological polar surface area (TPSA) is 65.5 Å². The van der Waals surface area contributed by atoms with Gasteiger partial charge in [-0.25, -0.2) is 9.78 Å². The van der Waals surface area contributed by atoms with Crippen molar-refractivity contribution >= 4 is 17.4 Å². The highest BCUT2D eigenvalue weighted by Gasteiger charge is 2.33. The van der Waals surface area contributed by atoms with Crippen LogP contribution in [0.1, 0.15) is 48.2 Å². The molecule has 1 aliphatic heterocycles. The monoisotopic (exact) mass is 337 g/mol. The molecular formula is C17H27N3O2S. The summed E-state index contributed by atoms with van der Waals surface area (Å²) in [5.41, 5.74) is 1.32. The zero-order chi connectivity index (χ0) is 16.2. The highest BCUT2D eigenvalue weighted by atomic mass is 32.1. The van der Waals surface area contributed by atoms with Gasteiger partial charge in [0.25, 0.3) is 0 Å². The first-order valence-electron chi connectivity index (χ1n) is 8.82. The summed E-state index contributed by atoms with van der Waals surface area (Å²) in [6.45, 7) is 3.57. The lowest BCUT2D eigenvalue weighted by Crippen LogP contribution is -2.45. The van der Waals surface area contributed by atoms with Crippen molar-refractivity contribution in [3.63, 3.8) is 0 Å². The molecule has 0 unspecified atom stereocenters. The van der Waals surface area contributed by atoms with E-state index in [4.69, 9.17) is 4.98 Å². The Bertz CT molecular complexity index is 522. The number of hydrogen-bond donors (Lipinski definition) is 2. The fourth-order valence-electron chi connectivity index (χ4n) is 3.59. The number of thiazole rings is 1. The van der Waals surface area contributed by atoms with E-state index in [0.29, 0.717) is 12.5 Å². The Balaban J connectivity index is 1.41. The number of amides is 2. The Kier molecular flexibility index (Phi) is 5.54. The van der Waals surface area contributed by atoms with Gasteiger partial charge in [-0.2, -0.15) is 0 Å². The lowest BCUT2D eigenvalue weighted by Gasteiger charge is -2.25. The minimum Gasteiger partial charge on any atom is -0.394 e. The van der Waals surface area contributed by atoms with E-state index in [2.05, 4.69) is 12.2 Å². The third-order valence-corrected chi connectivity index (χ3v) is 6.28. The number of aromatic nitrogens is 1. The summed E-state index contributed by atoms with van der Waals surface area (Å²) < 4.78 is 0. The smallest absolute Gasteiger partial charge is 0.317 e. The molecule has 0 saturated carbocycles. The molecule has 1 fully saturated rings. The number of carbonyl (C=O) groups is 1. The summed E-state index contributed by atoms with van der Waals surface area (Å²) in [6.07, 6.45) is 7.74. The average Bonchev–Trinajstić information content (AvgIpc) is 3.13. The van der Waals surface area contributed by atoms with Crippen molar-refractivity contribution in [2.24, 2.45) is 5.92 Å². The van der Waals surface area contributed by atoms with Gasteiger partial charge in [-0.3, -0.25) is 0 Å². The Morgan fingerprint density at radius 3 is 3.04 bits per heavy atom. The number of nitrogens with zero attached hydrogens (tertiary/aromatic N) is 2. The second-order valence-electron chi connectivity index (χ2n) is 6.73. The summed E-state index contributed by atoms with van der Waals surface area (Å²) in [7, 11) is 0. The summed E-state index contributed by atoms with van der Waals surface area (Å²) in [6, 6.07) is -0.0625. The van der Waals surface area contributed by atoms with Gasteiger partial charge in [-0.1, -0.05) is 6.92 Å². The number of nitrogens with one attached hydrogen (secondary N) is 1. The van der Waals surface area contributed by atoms with Crippen LogP contribution in [0.15, 0.2) is 0 Å². The van der Waals surface area contributed by atoms with E-state index in [0.717, 1.165) is 32.2 Å². The maximum atomic E-state index is 12.2. The molecule has 1 aromatic heterocycles. The number of rotatable bonds is 5. The second-order valence-corrected chi connectivity index (χ2v) is 7.90. The van der Waals surface area contributed by atoms with Crippen molar-refractivity contribution in [3.8, 4) is 0 Å². The second kappa shape index (κ2) is 7.62. The molecule has 0 spiro atoms. The van der Waals surface area contributed by atoms with Crippen molar-refractivity contribution in [2.75, 3.05) is 19.7 Å². The van der Waals surface area contributed by atoms with Crippen LogP contribution in [-0.2, 0) is 19.3 Å². The zero-order valence-electron chi connectivity index (χ0n) is 13.9. The van der Waals surface area contributed by atoms with Crippen LogP contribution < -0.4 is 5.32 Å². The molecule has 1 saturated heterocycles. The SMILES string of the molecule is C[C@H]1CCN(C(=O)NCCCc2nc3c(s2)CCCC3)[C@@H]1CO. The van der Waals surface area contributed by atoms with Crippen LogP contribution in [0.3, 0.4) is 0 Å². The number of aliphatic hydroxyl groups is 1. The molecular weight excluding hydrogens is 310 g/mol. The van der Waals surface area contributed by atoms with E-state index in [1.54, 1.807) is 4.90 Å². The fourth-order valence-corrected chi connectivity index (χ4v) is 4.79. The van der Waals surface area contributed by atoms with Crippen molar-refractivity contribution in [1.82, 2.24) is 15.2 Å². The number of urea groups is 1. The number of aryl methyl sites for hydroxylation is 3. The van der Waals surface area contributed by atoms with E-state index < -0.39 is 0 Å². The normalized spacial score (nSPS) is 23.8. The van der Waals surface area contributed by atoms with Crippen molar-refractivity contribution < 1.29 is 9.90 Å². The molecule has 1 aromatic rings. The number of hydrogen-bond acceptors (Lipinski definition) is 4. The molecule has 0 bridgehead atoms. The Morgan fingerprint density at radius 1 is 1.43 bits per heavy atom. The van der Waals surface area contributed by atoms with Gasteiger partial charge in [0.15, 0.2) is 0 Å². The summed E-state index contributed by atoms with van der Waals surface area (Å²) in [5.74, 6) is 0.382. The molecule has 1 aliphatic carbocycles. The zero-order valence-corrected chi connectivity index (χ0v) is 14.7. The maximum absolute atomic E-state index is 12.2. The molecule has 2 amide bonds. The van der Waals surface area contributed by atoms with Crippen LogP contribution in [-0.4, -0.2) is 46.8 Å². The van der Waals surface area contributed by atoms with Crippen LogP contribution in [0.25, 0.3) is 0 Å². The van der Waals surface area contributed by atoms with E-state index in [-0.39, 0.29) is 18.7 Å². The number of carbonyl (C=O) groups excluding carboxylic acids is 1. The van der Waals surface area contributed by atoms with Gasteiger partial charge in [-0.15, -0.1) is 11.3 Å². The highest BCUT2D eigenvalue weighted by molar-refractivity contribution is 7.11. The molecule has 0 aromatic carbocycles. The lowest BCUT2D eigenvalue weighted by molar-refractivity contribution is 0.144. The predicted octanol–water partition coefficient (Wildman–Crippen LogP) is 2.37. The summed E-state index contributed by atoms with van der Waals surface area (Å²) >= 11 is 1.86. The van der Waals surface area contributed by atoms with Gasteiger partial charge in [0.2, 0.25) is 0 Å². The summed E-state index contributed by atoms with van der Waals surface area (Å²) in [5, 5.41) is 13.6. The molecule has 5 nitrogen and oxygen atoms in total. The molecule has 2 aliphatic rings. The molecule has 128 valence electrons. The fraction of sp³-hybridized carbons (Fsp3) is 0.765. The van der Waals surface area contributed by atoms with E-state index in [1.165, 1.54) is 34.8 Å². The van der Waals surface area contributed by atoms with Gasteiger partial charge in [0, 0.05) is 24.4 Å². The highest BCUT2D eigenvalue weighted by Crippen LogP contribution is 2.27. The molecule has 2 atom stereocenters. The number of likely N-dealkylation sites (tertiary alicyclic amines) is 1. The van der Waals surface area contributed by atoms with E-state index in [1.807, 2.05) is 11.3 Å². The van der Waals surface area contributed by atoms with Gasteiger partial charge < -0.3 is 15.3 Å². The molecule has 2 heterocycles. The van der Waals surface area contributed by atoms with Crippen LogP contribution in [0.4, 0.5) is 4.79 Å². The molecule has 6 heteroatoms. The first-order valence-corrected chi connectivity index (χ1v) is 9.63. The van der Waals surface area contributed by atoms with Crippen LogP contribution in [0, 0.1) is 5.92 Å². The number of fused-ring (bicyclic) bond motifs is 1. The first-order chi connectivity index (χ1) is 11.2. The number of aliphatic hydroxyl groups excluding tert-OH is 1. The summed E-state index contributed by atoms with van der Waals surface area (Å²) in [4.78, 5) is 20.2. The van der Waals surface area contributed by atoms with Gasteiger partial charge in [0.05, 0.1) is 23.4 Å². The molecule has 2 N–H and O–H groups in total. The molecule has 23 heavy (non-hydrogen) atoms.